The summed E-state index contributed by atoms with van der Waals surface area (Å²) in [6.45, 7) is 3.58. The van der Waals surface area contributed by atoms with E-state index in [0.29, 0.717) is 6.42 Å². The monoisotopic (exact) mass is 266 g/mol. The average Bonchev–Trinajstić information content (AvgIpc) is 2.54. The van der Waals surface area contributed by atoms with Crippen LogP contribution in [0.5, 0.6) is 0 Å². The van der Waals surface area contributed by atoms with E-state index >= 15 is 0 Å². The molecule has 2 rings (SSSR count). The molecule has 2 aliphatic rings. The molecule has 0 aromatic rings. The van der Waals surface area contributed by atoms with E-state index < -0.39 is 5.41 Å². The molecule has 1 spiro atoms. The van der Waals surface area contributed by atoms with Crippen molar-refractivity contribution in [1.29, 1.82) is 0 Å². The van der Waals surface area contributed by atoms with Crippen molar-refractivity contribution in [3.05, 3.63) is 0 Å². The Hall–Kier alpha value is -1.39. The summed E-state index contributed by atoms with van der Waals surface area (Å²) in [5.41, 5.74) is -0.493. The Morgan fingerprint density at radius 2 is 1.89 bits per heavy atom. The molecule has 0 unspecified atom stereocenters. The highest BCUT2D eigenvalue weighted by molar-refractivity contribution is 6.08. The Kier molecular flexibility index (Phi) is 3.92. The number of hydrogen-bond donors (Lipinski definition) is 1. The summed E-state index contributed by atoms with van der Waals surface area (Å²) in [4.78, 5) is 37.3. The fourth-order valence-corrected chi connectivity index (χ4v) is 3.15. The molecule has 1 saturated heterocycles. The molecule has 0 bridgehead atoms. The van der Waals surface area contributed by atoms with E-state index in [2.05, 4.69) is 5.32 Å². The second-order valence-electron chi connectivity index (χ2n) is 6.03. The number of carbonyl (C=O) groups excluding carboxylic acids is 3. The van der Waals surface area contributed by atoms with E-state index in [4.69, 9.17) is 0 Å². The van der Waals surface area contributed by atoms with Crippen LogP contribution in [0.4, 0.5) is 0 Å². The van der Waals surface area contributed by atoms with E-state index in [1.807, 2.05) is 13.8 Å². The quantitative estimate of drug-likeness (QED) is 0.781. The van der Waals surface area contributed by atoms with Crippen LogP contribution in [0.2, 0.25) is 0 Å². The molecule has 19 heavy (non-hydrogen) atoms. The predicted molar refractivity (Wildman–Crippen MR) is 70.1 cm³/mol. The maximum absolute atomic E-state index is 12.4. The summed E-state index contributed by atoms with van der Waals surface area (Å²) < 4.78 is 0. The molecular formula is C14H22N2O3. The Morgan fingerprint density at radius 3 is 2.47 bits per heavy atom. The number of amides is 3. The van der Waals surface area contributed by atoms with Crippen LogP contribution in [-0.2, 0) is 14.4 Å². The first-order valence-electron chi connectivity index (χ1n) is 7.09. The first-order chi connectivity index (χ1) is 8.94. The summed E-state index contributed by atoms with van der Waals surface area (Å²) in [6, 6.07) is 0.0175. The number of carbonyl (C=O) groups is 3. The molecule has 1 N–H and O–H groups in total. The molecule has 0 atom stereocenters. The molecule has 1 aliphatic carbocycles. The second-order valence-corrected chi connectivity index (χ2v) is 6.03. The topological polar surface area (TPSA) is 66.5 Å². The first kappa shape index (κ1) is 14.0. The minimum absolute atomic E-state index is 0.0175. The van der Waals surface area contributed by atoms with E-state index in [0.717, 1.165) is 37.0 Å². The lowest BCUT2D eigenvalue weighted by atomic mass is 9.73. The third kappa shape index (κ3) is 2.80. The fraction of sp³-hybridized carbons (Fsp3) is 0.786. The van der Waals surface area contributed by atoms with Crippen molar-refractivity contribution in [2.24, 2.45) is 5.41 Å². The van der Waals surface area contributed by atoms with Crippen molar-refractivity contribution in [1.82, 2.24) is 10.2 Å². The van der Waals surface area contributed by atoms with Gasteiger partial charge >= 0.3 is 0 Å². The minimum atomic E-state index is -0.493. The summed E-state index contributed by atoms with van der Waals surface area (Å²) >= 11 is 0. The first-order valence-corrected chi connectivity index (χ1v) is 7.09. The third-order valence-electron chi connectivity index (χ3n) is 4.05. The summed E-state index contributed by atoms with van der Waals surface area (Å²) in [5, 5.41) is 2.72. The van der Waals surface area contributed by atoms with Crippen molar-refractivity contribution < 1.29 is 14.4 Å². The molecular weight excluding hydrogens is 244 g/mol. The van der Waals surface area contributed by atoms with E-state index in [9.17, 15) is 14.4 Å². The zero-order valence-corrected chi connectivity index (χ0v) is 11.7. The molecule has 0 radical (unpaired) electrons. The highest BCUT2D eigenvalue weighted by Gasteiger charge is 2.51. The van der Waals surface area contributed by atoms with Crippen molar-refractivity contribution in [2.45, 2.75) is 58.4 Å². The van der Waals surface area contributed by atoms with Gasteiger partial charge in [-0.2, -0.15) is 0 Å². The highest BCUT2D eigenvalue weighted by Crippen LogP contribution is 2.45. The van der Waals surface area contributed by atoms with Gasteiger partial charge in [-0.05, 0) is 26.7 Å². The lowest BCUT2D eigenvalue weighted by molar-refractivity contribution is -0.145. The predicted octanol–water partition coefficient (Wildman–Crippen LogP) is 1.22. The number of imide groups is 1. The molecule has 1 aliphatic heterocycles. The van der Waals surface area contributed by atoms with Crippen LogP contribution in [0, 0.1) is 5.41 Å². The second kappa shape index (κ2) is 5.31. The SMILES string of the molecule is CC(C)NC(=O)CN1C(=O)CC2(CCCCC2)C1=O. The Balaban J connectivity index is 2.04. The molecule has 1 saturated carbocycles. The van der Waals surface area contributed by atoms with Gasteiger partial charge in [0.15, 0.2) is 0 Å². The Morgan fingerprint density at radius 1 is 1.26 bits per heavy atom. The average molecular weight is 266 g/mol. The van der Waals surface area contributed by atoms with Crippen LogP contribution in [0.1, 0.15) is 52.4 Å². The maximum atomic E-state index is 12.4. The normalized spacial score (nSPS) is 22.4. The highest BCUT2D eigenvalue weighted by atomic mass is 16.2. The maximum Gasteiger partial charge on any atom is 0.240 e. The van der Waals surface area contributed by atoms with Gasteiger partial charge in [0.2, 0.25) is 17.7 Å². The van der Waals surface area contributed by atoms with Crippen molar-refractivity contribution >= 4 is 17.7 Å². The van der Waals surface area contributed by atoms with Gasteiger partial charge in [0, 0.05) is 12.5 Å². The summed E-state index contributed by atoms with van der Waals surface area (Å²) in [5.74, 6) is -0.577. The summed E-state index contributed by atoms with van der Waals surface area (Å²) in [7, 11) is 0. The van der Waals surface area contributed by atoms with Crippen LogP contribution >= 0.6 is 0 Å². The van der Waals surface area contributed by atoms with Gasteiger partial charge in [-0.15, -0.1) is 0 Å². The molecule has 5 heteroatoms. The van der Waals surface area contributed by atoms with Crippen LogP contribution in [-0.4, -0.2) is 35.2 Å². The van der Waals surface area contributed by atoms with Crippen LogP contribution in [0.25, 0.3) is 0 Å². The van der Waals surface area contributed by atoms with Crippen LogP contribution < -0.4 is 5.32 Å². The third-order valence-corrected chi connectivity index (χ3v) is 4.05. The Bertz CT molecular complexity index is 397. The van der Waals surface area contributed by atoms with Gasteiger partial charge < -0.3 is 5.32 Å². The molecule has 106 valence electrons. The van der Waals surface area contributed by atoms with E-state index in [1.54, 1.807) is 0 Å². The number of nitrogens with zero attached hydrogens (tertiary/aromatic N) is 1. The molecule has 0 aromatic carbocycles. The minimum Gasteiger partial charge on any atom is -0.352 e. The zero-order chi connectivity index (χ0) is 14.0. The molecule has 1 heterocycles. The largest absolute Gasteiger partial charge is 0.352 e. The van der Waals surface area contributed by atoms with Gasteiger partial charge in [-0.1, -0.05) is 19.3 Å². The van der Waals surface area contributed by atoms with Gasteiger partial charge in [0.1, 0.15) is 6.54 Å². The van der Waals surface area contributed by atoms with Crippen molar-refractivity contribution in [3.8, 4) is 0 Å². The van der Waals surface area contributed by atoms with E-state index in [1.165, 1.54) is 0 Å². The standard InChI is InChI=1S/C14H22N2O3/c1-10(2)15-11(17)9-16-12(18)8-14(13(16)19)6-4-3-5-7-14/h10H,3-9H2,1-2H3,(H,15,17). The lowest BCUT2D eigenvalue weighted by Gasteiger charge is -2.30. The zero-order valence-electron chi connectivity index (χ0n) is 11.7. The molecule has 3 amide bonds. The Labute approximate surface area is 113 Å². The smallest absolute Gasteiger partial charge is 0.240 e. The van der Waals surface area contributed by atoms with Crippen LogP contribution in [0.15, 0.2) is 0 Å². The molecule has 0 aromatic heterocycles. The van der Waals surface area contributed by atoms with Gasteiger partial charge in [-0.25, -0.2) is 0 Å². The fourth-order valence-electron chi connectivity index (χ4n) is 3.15. The van der Waals surface area contributed by atoms with Crippen LogP contribution in [0.3, 0.4) is 0 Å². The number of hydrogen-bond acceptors (Lipinski definition) is 3. The van der Waals surface area contributed by atoms with Crippen molar-refractivity contribution in [2.75, 3.05) is 6.54 Å². The number of rotatable bonds is 3. The van der Waals surface area contributed by atoms with Gasteiger partial charge in [-0.3, -0.25) is 19.3 Å². The lowest BCUT2D eigenvalue weighted by Crippen LogP contribution is -2.44. The number of likely N-dealkylation sites (tertiary alicyclic amines) is 1. The number of nitrogens with one attached hydrogen (secondary N) is 1. The summed E-state index contributed by atoms with van der Waals surface area (Å²) in [6.07, 6.45) is 5.02. The molecule has 5 nitrogen and oxygen atoms in total. The van der Waals surface area contributed by atoms with Crippen molar-refractivity contribution in [3.63, 3.8) is 0 Å². The van der Waals surface area contributed by atoms with Gasteiger partial charge in [0.05, 0.1) is 5.41 Å². The van der Waals surface area contributed by atoms with E-state index in [-0.39, 0.29) is 30.3 Å². The van der Waals surface area contributed by atoms with Gasteiger partial charge in [0.25, 0.3) is 0 Å². The molecule has 2 fully saturated rings.